The highest BCUT2D eigenvalue weighted by atomic mass is 35.5. The van der Waals surface area contributed by atoms with E-state index in [1.807, 2.05) is 0 Å². The molecule has 0 radical (unpaired) electrons. The zero-order valence-corrected chi connectivity index (χ0v) is 12.9. The summed E-state index contributed by atoms with van der Waals surface area (Å²) in [6.45, 7) is 0.0694. The molecule has 0 aliphatic rings. The Morgan fingerprint density at radius 3 is 2.59 bits per heavy atom. The summed E-state index contributed by atoms with van der Waals surface area (Å²) in [5.41, 5.74) is 0.672. The van der Waals surface area contributed by atoms with Crippen LogP contribution in [-0.2, 0) is 11.3 Å². The Morgan fingerprint density at radius 1 is 1.41 bits per heavy atom. The number of hydrogen-bond donors (Lipinski definition) is 2. The van der Waals surface area contributed by atoms with E-state index in [4.69, 9.17) is 23.2 Å². The standard InChI is InChI=1S/C12H11Cl2N5O3/c1-15-11(20)6-18-5-7(4-16-18)17-12-9(13)2-8(19(21)22)3-10(12)14/h2-5,17H,6H2,1H3,(H,15,20). The third-order valence-corrected chi connectivity index (χ3v) is 3.32. The lowest BCUT2D eigenvalue weighted by Gasteiger charge is -2.08. The van der Waals surface area contributed by atoms with Gasteiger partial charge in [0.05, 0.1) is 32.5 Å². The van der Waals surface area contributed by atoms with E-state index in [0.717, 1.165) is 0 Å². The smallest absolute Gasteiger partial charge is 0.272 e. The predicted octanol–water partition coefficient (Wildman–Crippen LogP) is 2.59. The van der Waals surface area contributed by atoms with E-state index in [9.17, 15) is 14.9 Å². The summed E-state index contributed by atoms with van der Waals surface area (Å²) in [5, 5.41) is 20.3. The van der Waals surface area contributed by atoms with E-state index in [2.05, 4.69) is 15.7 Å². The molecular formula is C12H11Cl2N5O3. The number of amides is 1. The fourth-order valence-electron chi connectivity index (χ4n) is 1.67. The normalized spacial score (nSPS) is 10.3. The minimum Gasteiger partial charge on any atom is -0.358 e. The highest BCUT2D eigenvalue weighted by Crippen LogP contribution is 2.36. The molecule has 1 aromatic heterocycles. The minimum atomic E-state index is -0.580. The van der Waals surface area contributed by atoms with Crippen LogP contribution in [0.3, 0.4) is 0 Å². The zero-order chi connectivity index (χ0) is 16.3. The Hall–Kier alpha value is -2.32. The summed E-state index contributed by atoms with van der Waals surface area (Å²) >= 11 is 12.0. The van der Waals surface area contributed by atoms with E-state index in [1.165, 1.54) is 30.1 Å². The number of carbonyl (C=O) groups is 1. The van der Waals surface area contributed by atoms with Crippen molar-refractivity contribution in [2.24, 2.45) is 0 Å². The molecule has 116 valence electrons. The largest absolute Gasteiger partial charge is 0.358 e. The van der Waals surface area contributed by atoms with Crippen LogP contribution in [0.25, 0.3) is 0 Å². The summed E-state index contributed by atoms with van der Waals surface area (Å²) in [7, 11) is 1.53. The van der Waals surface area contributed by atoms with E-state index >= 15 is 0 Å². The van der Waals surface area contributed by atoms with Gasteiger partial charge in [0.2, 0.25) is 5.91 Å². The molecule has 1 amide bonds. The van der Waals surface area contributed by atoms with Crippen molar-refractivity contribution < 1.29 is 9.72 Å². The summed E-state index contributed by atoms with van der Waals surface area (Å²) < 4.78 is 1.42. The number of nitrogens with one attached hydrogen (secondary N) is 2. The molecule has 8 nitrogen and oxygen atoms in total. The quantitative estimate of drug-likeness (QED) is 0.641. The molecule has 1 aromatic carbocycles. The molecular weight excluding hydrogens is 333 g/mol. The fraction of sp³-hybridized carbons (Fsp3) is 0.167. The van der Waals surface area contributed by atoms with Gasteiger partial charge in [0.15, 0.2) is 0 Å². The Labute approximate surface area is 135 Å². The van der Waals surface area contributed by atoms with Crippen LogP contribution in [0.4, 0.5) is 17.1 Å². The molecule has 2 N–H and O–H groups in total. The summed E-state index contributed by atoms with van der Waals surface area (Å²) in [6, 6.07) is 2.40. The van der Waals surface area contributed by atoms with Crippen molar-refractivity contribution in [2.45, 2.75) is 6.54 Å². The maximum absolute atomic E-state index is 11.3. The molecule has 1 heterocycles. The van der Waals surface area contributed by atoms with Gasteiger partial charge in [0.1, 0.15) is 6.54 Å². The van der Waals surface area contributed by atoms with Gasteiger partial charge < -0.3 is 10.6 Å². The molecule has 0 bridgehead atoms. The van der Waals surface area contributed by atoms with Crippen molar-refractivity contribution in [1.82, 2.24) is 15.1 Å². The number of likely N-dealkylation sites (N-methyl/N-ethyl adjacent to an activating group) is 1. The number of nitro benzene ring substituents is 1. The first kappa shape index (κ1) is 16.1. The number of nitrogens with zero attached hydrogens (tertiary/aromatic N) is 3. The second kappa shape index (κ2) is 6.63. The van der Waals surface area contributed by atoms with Gasteiger partial charge in [-0.05, 0) is 0 Å². The van der Waals surface area contributed by atoms with Crippen molar-refractivity contribution in [3.8, 4) is 0 Å². The van der Waals surface area contributed by atoms with Crippen LogP contribution in [-0.4, -0.2) is 27.7 Å². The molecule has 0 saturated heterocycles. The maximum atomic E-state index is 11.3. The van der Waals surface area contributed by atoms with Gasteiger partial charge in [-0.1, -0.05) is 23.2 Å². The molecule has 0 fully saturated rings. The van der Waals surface area contributed by atoms with E-state index in [-0.39, 0.29) is 28.2 Å². The number of benzene rings is 1. The predicted molar refractivity (Wildman–Crippen MR) is 82.7 cm³/mol. The molecule has 2 aromatic rings. The van der Waals surface area contributed by atoms with Gasteiger partial charge in [0, 0.05) is 25.4 Å². The SMILES string of the molecule is CNC(=O)Cn1cc(Nc2c(Cl)cc([N+](=O)[O-])cc2Cl)cn1. The lowest BCUT2D eigenvalue weighted by molar-refractivity contribution is -0.384. The van der Waals surface area contributed by atoms with Crippen LogP contribution < -0.4 is 10.6 Å². The zero-order valence-electron chi connectivity index (χ0n) is 11.3. The van der Waals surface area contributed by atoms with Gasteiger partial charge in [-0.2, -0.15) is 5.10 Å². The number of non-ortho nitro benzene ring substituents is 1. The first-order chi connectivity index (χ1) is 10.4. The third-order valence-electron chi connectivity index (χ3n) is 2.72. The van der Waals surface area contributed by atoms with Crippen molar-refractivity contribution in [3.05, 3.63) is 44.7 Å². The monoisotopic (exact) mass is 343 g/mol. The highest BCUT2D eigenvalue weighted by Gasteiger charge is 2.15. The number of carbonyl (C=O) groups excluding carboxylic acids is 1. The van der Waals surface area contributed by atoms with E-state index < -0.39 is 4.92 Å². The molecule has 0 aliphatic carbocycles. The van der Waals surface area contributed by atoms with Crippen molar-refractivity contribution >= 4 is 46.2 Å². The number of anilines is 2. The summed E-state index contributed by atoms with van der Waals surface area (Å²) in [5.74, 6) is -0.193. The molecule has 0 unspecified atom stereocenters. The van der Waals surface area contributed by atoms with Crippen molar-refractivity contribution in [3.63, 3.8) is 0 Å². The molecule has 2 rings (SSSR count). The molecule has 0 spiro atoms. The fourth-order valence-corrected chi connectivity index (χ4v) is 2.24. The molecule has 10 heteroatoms. The summed E-state index contributed by atoms with van der Waals surface area (Å²) in [4.78, 5) is 21.4. The van der Waals surface area contributed by atoms with Crippen molar-refractivity contribution in [1.29, 1.82) is 0 Å². The number of nitro groups is 1. The van der Waals surface area contributed by atoms with E-state index in [0.29, 0.717) is 11.4 Å². The number of rotatable bonds is 5. The Balaban J connectivity index is 2.21. The molecule has 0 atom stereocenters. The van der Waals surface area contributed by atoms with Gasteiger partial charge >= 0.3 is 0 Å². The average Bonchev–Trinajstić information content (AvgIpc) is 2.89. The number of halogens is 2. The van der Waals surface area contributed by atoms with Crippen molar-refractivity contribution in [2.75, 3.05) is 12.4 Å². The van der Waals surface area contributed by atoms with Crippen LogP contribution in [0, 0.1) is 10.1 Å². The van der Waals surface area contributed by atoms with Crippen LogP contribution in [0.1, 0.15) is 0 Å². The first-order valence-corrected chi connectivity index (χ1v) is 6.80. The maximum Gasteiger partial charge on any atom is 0.272 e. The highest BCUT2D eigenvalue weighted by molar-refractivity contribution is 6.39. The lowest BCUT2D eigenvalue weighted by atomic mass is 10.2. The van der Waals surface area contributed by atoms with Gasteiger partial charge in [-0.15, -0.1) is 0 Å². The van der Waals surface area contributed by atoms with Gasteiger partial charge in [-0.25, -0.2) is 0 Å². The molecule has 0 aliphatic heterocycles. The Morgan fingerprint density at radius 2 is 2.05 bits per heavy atom. The Kier molecular flexibility index (Phi) is 4.84. The lowest BCUT2D eigenvalue weighted by Crippen LogP contribution is -2.23. The summed E-state index contributed by atoms with van der Waals surface area (Å²) in [6.07, 6.45) is 3.07. The second-order valence-electron chi connectivity index (χ2n) is 4.27. The van der Waals surface area contributed by atoms with Crippen LogP contribution in [0.5, 0.6) is 0 Å². The minimum absolute atomic E-state index is 0.0694. The van der Waals surface area contributed by atoms with E-state index in [1.54, 1.807) is 6.20 Å². The van der Waals surface area contributed by atoms with Crippen LogP contribution in [0.15, 0.2) is 24.5 Å². The molecule has 22 heavy (non-hydrogen) atoms. The van der Waals surface area contributed by atoms with Gasteiger partial charge in [-0.3, -0.25) is 19.6 Å². The molecule has 0 saturated carbocycles. The number of hydrogen-bond acceptors (Lipinski definition) is 5. The first-order valence-electron chi connectivity index (χ1n) is 6.04. The van der Waals surface area contributed by atoms with Gasteiger partial charge in [0.25, 0.3) is 5.69 Å². The van der Waals surface area contributed by atoms with Crippen LogP contribution >= 0.6 is 23.2 Å². The topological polar surface area (TPSA) is 102 Å². The van der Waals surface area contributed by atoms with Crippen LogP contribution in [0.2, 0.25) is 10.0 Å². The number of aromatic nitrogens is 2. The Bertz CT molecular complexity index is 708. The average molecular weight is 344 g/mol. The third kappa shape index (κ3) is 3.66. The second-order valence-corrected chi connectivity index (χ2v) is 5.08.